The first-order valence-corrected chi connectivity index (χ1v) is 7.21. The van der Waals surface area contributed by atoms with Gasteiger partial charge in [-0.15, -0.1) is 0 Å². The summed E-state index contributed by atoms with van der Waals surface area (Å²) in [6, 6.07) is 7.11. The second kappa shape index (κ2) is 9.18. The molecule has 3 heteroatoms. The molecule has 0 heterocycles. The lowest BCUT2D eigenvalue weighted by atomic mass is 10.1. The van der Waals surface area contributed by atoms with Crippen LogP contribution in [-0.4, -0.2) is 12.1 Å². The van der Waals surface area contributed by atoms with Crippen molar-refractivity contribution in [3.05, 3.63) is 42.7 Å². The van der Waals surface area contributed by atoms with Crippen LogP contribution in [0, 0.1) is 0 Å². The molecule has 110 valence electrons. The zero-order valence-corrected chi connectivity index (χ0v) is 12.4. The summed E-state index contributed by atoms with van der Waals surface area (Å²) in [5.74, 6) is 0.757. The monoisotopic (exact) mass is 276 g/mol. The Bertz CT molecular complexity index is 409. The largest absolute Gasteiger partial charge is 0.463 e. The first-order chi connectivity index (χ1) is 9.67. The predicted molar refractivity (Wildman–Crippen MR) is 80.9 cm³/mol. The van der Waals surface area contributed by atoms with Gasteiger partial charge in [-0.1, -0.05) is 32.8 Å². The summed E-state index contributed by atoms with van der Waals surface area (Å²) >= 11 is 0. The SMILES string of the molecule is C=COC(CCCCCC)Oc1ccc(C(C)=O)cc1. The molecule has 0 aromatic heterocycles. The van der Waals surface area contributed by atoms with Gasteiger partial charge in [0.15, 0.2) is 5.78 Å². The number of rotatable bonds is 10. The Morgan fingerprint density at radius 3 is 2.50 bits per heavy atom. The van der Waals surface area contributed by atoms with Crippen molar-refractivity contribution >= 4 is 5.78 Å². The Kier molecular flexibility index (Phi) is 7.48. The van der Waals surface area contributed by atoms with Gasteiger partial charge in [0.1, 0.15) is 5.75 Å². The first-order valence-electron chi connectivity index (χ1n) is 7.21. The smallest absolute Gasteiger partial charge is 0.240 e. The maximum absolute atomic E-state index is 11.2. The van der Waals surface area contributed by atoms with Crippen molar-refractivity contribution in [2.45, 2.75) is 52.2 Å². The Balaban J connectivity index is 2.51. The molecule has 0 saturated carbocycles. The van der Waals surface area contributed by atoms with Gasteiger partial charge >= 0.3 is 0 Å². The van der Waals surface area contributed by atoms with Crippen molar-refractivity contribution in [2.75, 3.05) is 0 Å². The van der Waals surface area contributed by atoms with Gasteiger partial charge in [0.2, 0.25) is 6.29 Å². The van der Waals surface area contributed by atoms with Crippen LogP contribution in [0.5, 0.6) is 5.75 Å². The molecule has 0 aliphatic heterocycles. The summed E-state index contributed by atoms with van der Waals surface area (Å²) in [6.07, 6.45) is 6.62. The summed E-state index contributed by atoms with van der Waals surface area (Å²) in [5, 5.41) is 0. The second-order valence-electron chi connectivity index (χ2n) is 4.78. The Morgan fingerprint density at radius 2 is 1.95 bits per heavy atom. The average Bonchev–Trinajstić information content (AvgIpc) is 2.44. The van der Waals surface area contributed by atoms with Crippen LogP contribution in [-0.2, 0) is 4.74 Å². The van der Waals surface area contributed by atoms with Crippen LogP contribution >= 0.6 is 0 Å². The topological polar surface area (TPSA) is 35.5 Å². The lowest BCUT2D eigenvalue weighted by molar-refractivity contribution is -0.0359. The molecule has 0 N–H and O–H groups in total. The highest BCUT2D eigenvalue weighted by Crippen LogP contribution is 2.17. The van der Waals surface area contributed by atoms with E-state index in [-0.39, 0.29) is 12.1 Å². The lowest BCUT2D eigenvalue weighted by Gasteiger charge is -2.18. The van der Waals surface area contributed by atoms with E-state index in [1.54, 1.807) is 31.2 Å². The number of unbranched alkanes of at least 4 members (excludes halogenated alkanes) is 3. The van der Waals surface area contributed by atoms with E-state index in [9.17, 15) is 4.79 Å². The molecule has 3 nitrogen and oxygen atoms in total. The summed E-state index contributed by atoms with van der Waals surface area (Å²) < 4.78 is 11.1. The van der Waals surface area contributed by atoms with Gasteiger partial charge in [-0.05, 0) is 37.6 Å². The van der Waals surface area contributed by atoms with Crippen LogP contribution in [0.15, 0.2) is 37.1 Å². The van der Waals surface area contributed by atoms with Crippen molar-refractivity contribution < 1.29 is 14.3 Å². The van der Waals surface area contributed by atoms with E-state index in [2.05, 4.69) is 13.5 Å². The number of ether oxygens (including phenoxy) is 2. The van der Waals surface area contributed by atoms with Gasteiger partial charge in [-0.3, -0.25) is 4.79 Å². The molecule has 1 aromatic carbocycles. The molecule has 0 aliphatic carbocycles. The lowest BCUT2D eigenvalue weighted by Crippen LogP contribution is -2.18. The van der Waals surface area contributed by atoms with Crippen LogP contribution in [0.25, 0.3) is 0 Å². The molecule has 0 aliphatic rings. The molecule has 0 fully saturated rings. The van der Waals surface area contributed by atoms with Gasteiger partial charge < -0.3 is 9.47 Å². The van der Waals surface area contributed by atoms with Crippen LogP contribution in [0.3, 0.4) is 0 Å². The molecule has 0 saturated heterocycles. The van der Waals surface area contributed by atoms with Gasteiger partial charge in [0.25, 0.3) is 0 Å². The molecule has 1 rings (SSSR count). The third-order valence-electron chi connectivity index (χ3n) is 3.07. The number of carbonyl (C=O) groups excluding carboxylic acids is 1. The van der Waals surface area contributed by atoms with Crippen molar-refractivity contribution in [1.29, 1.82) is 0 Å². The standard InChI is InChI=1S/C17H24O3/c1-4-6-7-8-9-17(19-5-2)20-16-12-10-15(11-13-16)14(3)18/h5,10-13,17H,2,4,6-9H2,1,3H3. The van der Waals surface area contributed by atoms with E-state index in [4.69, 9.17) is 9.47 Å². The maximum atomic E-state index is 11.2. The molecule has 0 bridgehead atoms. The highest BCUT2D eigenvalue weighted by molar-refractivity contribution is 5.94. The zero-order chi connectivity index (χ0) is 14.8. The zero-order valence-electron chi connectivity index (χ0n) is 12.4. The Hall–Kier alpha value is -1.77. The normalized spacial score (nSPS) is 11.7. The summed E-state index contributed by atoms with van der Waals surface area (Å²) in [5.41, 5.74) is 0.682. The minimum atomic E-state index is -0.312. The quantitative estimate of drug-likeness (QED) is 0.268. The number of ketones is 1. The van der Waals surface area contributed by atoms with Gasteiger partial charge in [0, 0.05) is 12.0 Å². The van der Waals surface area contributed by atoms with Crippen molar-refractivity contribution in [2.24, 2.45) is 0 Å². The molecule has 0 spiro atoms. The highest BCUT2D eigenvalue weighted by atomic mass is 16.7. The van der Waals surface area contributed by atoms with E-state index in [1.165, 1.54) is 25.5 Å². The average molecular weight is 276 g/mol. The minimum absolute atomic E-state index is 0.0509. The third kappa shape index (κ3) is 5.91. The van der Waals surface area contributed by atoms with E-state index >= 15 is 0 Å². The molecule has 1 aromatic rings. The highest BCUT2D eigenvalue weighted by Gasteiger charge is 2.10. The summed E-state index contributed by atoms with van der Waals surface area (Å²) in [6.45, 7) is 7.31. The maximum Gasteiger partial charge on any atom is 0.240 e. The molecular formula is C17H24O3. The van der Waals surface area contributed by atoms with Crippen LogP contribution in [0.1, 0.15) is 56.3 Å². The fourth-order valence-electron chi connectivity index (χ4n) is 1.92. The number of carbonyl (C=O) groups is 1. The summed E-state index contributed by atoms with van der Waals surface area (Å²) in [4.78, 5) is 11.2. The number of hydrogen-bond donors (Lipinski definition) is 0. The second-order valence-corrected chi connectivity index (χ2v) is 4.78. The van der Waals surface area contributed by atoms with E-state index in [0.717, 1.165) is 12.8 Å². The third-order valence-corrected chi connectivity index (χ3v) is 3.07. The van der Waals surface area contributed by atoms with E-state index in [1.807, 2.05) is 0 Å². The van der Waals surface area contributed by atoms with E-state index in [0.29, 0.717) is 11.3 Å². The Labute approximate surface area is 121 Å². The molecule has 20 heavy (non-hydrogen) atoms. The van der Waals surface area contributed by atoms with E-state index < -0.39 is 0 Å². The van der Waals surface area contributed by atoms with Gasteiger partial charge in [-0.2, -0.15) is 0 Å². The van der Waals surface area contributed by atoms with Crippen molar-refractivity contribution in [1.82, 2.24) is 0 Å². The molecule has 0 radical (unpaired) electrons. The predicted octanol–water partition coefficient (Wildman–Crippen LogP) is 4.72. The fourth-order valence-corrected chi connectivity index (χ4v) is 1.92. The minimum Gasteiger partial charge on any atom is -0.463 e. The van der Waals surface area contributed by atoms with Crippen molar-refractivity contribution in [3.8, 4) is 5.75 Å². The number of benzene rings is 1. The first kappa shape index (κ1) is 16.3. The molecule has 1 unspecified atom stereocenters. The van der Waals surface area contributed by atoms with Gasteiger partial charge in [-0.25, -0.2) is 0 Å². The number of hydrogen-bond acceptors (Lipinski definition) is 3. The molecule has 1 atom stereocenters. The number of Topliss-reactive ketones (excluding diaryl/α,β-unsaturated/α-hetero) is 1. The van der Waals surface area contributed by atoms with Crippen LogP contribution in [0.2, 0.25) is 0 Å². The molecular weight excluding hydrogens is 252 g/mol. The Morgan fingerprint density at radius 1 is 1.25 bits per heavy atom. The van der Waals surface area contributed by atoms with Gasteiger partial charge in [0.05, 0.1) is 6.26 Å². The fraction of sp³-hybridized carbons (Fsp3) is 0.471. The van der Waals surface area contributed by atoms with Crippen molar-refractivity contribution in [3.63, 3.8) is 0 Å². The van der Waals surface area contributed by atoms with Crippen LogP contribution < -0.4 is 4.74 Å². The summed E-state index contributed by atoms with van der Waals surface area (Å²) in [7, 11) is 0. The molecule has 0 amide bonds. The van der Waals surface area contributed by atoms with Crippen LogP contribution in [0.4, 0.5) is 0 Å².